The van der Waals surface area contributed by atoms with E-state index in [-0.39, 0.29) is 28.4 Å². The highest BCUT2D eigenvalue weighted by Crippen LogP contribution is 2.37. The van der Waals surface area contributed by atoms with Gasteiger partial charge >= 0.3 is 12.1 Å². The summed E-state index contributed by atoms with van der Waals surface area (Å²) in [6.07, 6.45) is -1.91. The van der Waals surface area contributed by atoms with Crippen LogP contribution in [0.1, 0.15) is 40.7 Å². The van der Waals surface area contributed by atoms with Crippen molar-refractivity contribution in [2.45, 2.75) is 32.4 Å². The third-order valence-corrected chi connectivity index (χ3v) is 3.53. The van der Waals surface area contributed by atoms with E-state index in [0.717, 1.165) is 12.1 Å². The van der Waals surface area contributed by atoms with Crippen LogP contribution in [-0.2, 0) is 15.7 Å². The van der Waals surface area contributed by atoms with Gasteiger partial charge in [-0.1, -0.05) is 0 Å². The molecule has 0 unspecified atom stereocenters. The molecule has 0 spiro atoms. The Balaban J connectivity index is 2.34. The minimum Gasteiger partial charge on any atom is -0.496 e. The molecule has 1 aromatic carbocycles. The summed E-state index contributed by atoms with van der Waals surface area (Å²) in [6, 6.07) is 1.83. The molecule has 1 aliphatic rings. The van der Waals surface area contributed by atoms with Crippen LogP contribution in [0.2, 0.25) is 0 Å². The molecule has 0 atom stereocenters. The standard InChI is InChI=1S/C16H15F3O4/c1-9-13(16(17,18)19)7-6-12(14(9)22-2)15(21)23-11-5-3-4-10(20)8-11/h6-8H,3-5H2,1-2H3. The van der Waals surface area contributed by atoms with Crippen LogP contribution in [0.3, 0.4) is 0 Å². The number of benzene rings is 1. The number of halogens is 3. The van der Waals surface area contributed by atoms with Gasteiger partial charge in [0.2, 0.25) is 0 Å². The third-order valence-electron chi connectivity index (χ3n) is 3.53. The molecular weight excluding hydrogens is 313 g/mol. The quantitative estimate of drug-likeness (QED) is 0.792. The number of methoxy groups -OCH3 is 1. The maximum Gasteiger partial charge on any atom is 0.416 e. The minimum atomic E-state index is -4.54. The summed E-state index contributed by atoms with van der Waals surface area (Å²) in [4.78, 5) is 23.5. The maximum atomic E-state index is 12.9. The zero-order chi connectivity index (χ0) is 17.2. The second-order valence-corrected chi connectivity index (χ2v) is 5.14. The van der Waals surface area contributed by atoms with Crippen molar-refractivity contribution in [2.24, 2.45) is 0 Å². The van der Waals surface area contributed by atoms with Crippen LogP contribution in [0.25, 0.3) is 0 Å². The zero-order valence-corrected chi connectivity index (χ0v) is 12.6. The summed E-state index contributed by atoms with van der Waals surface area (Å²) in [5.74, 6) is -0.965. The van der Waals surface area contributed by atoms with Gasteiger partial charge in [0.1, 0.15) is 17.1 Å². The Labute approximate surface area is 130 Å². The number of carbonyl (C=O) groups is 2. The van der Waals surface area contributed by atoms with Crippen molar-refractivity contribution in [2.75, 3.05) is 7.11 Å². The number of esters is 1. The highest BCUT2D eigenvalue weighted by molar-refractivity contribution is 5.95. The van der Waals surface area contributed by atoms with Gasteiger partial charge in [-0.3, -0.25) is 4.79 Å². The van der Waals surface area contributed by atoms with Crippen LogP contribution in [-0.4, -0.2) is 18.9 Å². The topological polar surface area (TPSA) is 52.6 Å². The van der Waals surface area contributed by atoms with E-state index in [4.69, 9.17) is 9.47 Å². The summed E-state index contributed by atoms with van der Waals surface area (Å²) in [5.41, 5.74) is -1.18. The van der Waals surface area contributed by atoms with E-state index in [0.29, 0.717) is 19.3 Å². The zero-order valence-electron chi connectivity index (χ0n) is 12.6. The average molecular weight is 328 g/mol. The lowest BCUT2D eigenvalue weighted by Gasteiger charge is -2.17. The minimum absolute atomic E-state index is 0.114. The van der Waals surface area contributed by atoms with E-state index < -0.39 is 17.7 Å². The van der Waals surface area contributed by atoms with Gasteiger partial charge in [0.15, 0.2) is 5.78 Å². The van der Waals surface area contributed by atoms with Gasteiger partial charge in [0.05, 0.1) is 12.7 Å². The molecule has 0 saturated heterocycles. The van der Waals surface area contributed by atoms with E-state index >= 15 is 0 Å². The lowest BCUT2D eigenvalue weighted by atomic mass is 10.0. The fraction of sp³-hybridized carbons (Fsp3) is 0.375. The molecule has 0 aliphatic heterocycles. The fourth-order valence-corrected chi connectivity index (χ4v) is 2.44. The van der Waals surface area contributed by atoms with Crippen LogP contribution in [0.5, 0.6) is 5.75 Å². The molecule has 124 valence electrons. The van der Waals surface area contributed by atoms with Crippen LogP contribution < -0.4 is 4.74 Å². The van der Waals surface area contributed by atoms with E-state index in [1.807, 2.05) is 0 Å². The summed E-state index contributed by atoms with van der Waals surface area (Å²) in [6.45, 7) is 1.22. The third kappa shape index (κ3) is 3.72. The summed E-state index contributed by atoms with van der Waals surface area (Å²) < 4.78 is 48.8. The van der Waals surface area contributed by atoms with Crippen molar-refractivity contribution >= 4 is 11.8 Å². The second kappa shape index (κ2) is 6.44. The van der Waals surface area contributed by atoms with Gasteiger partial charge < -0.3 is 9.47 Å². The first-order valence-corrected chi connectivity index (χ1v) is 6.94. The summed E-state index contributed by atoms with van der Waals surface area (Å²) in [7, 11) is 1.18. The fourth-order valence-electron chi connectivity index (χ4n) is 2.44. The van der Waals surface area contributed by atoms with Crippen molar-refractivity contribution in [3.05, 3.63) is 40.7 Å². The smallest absolute Gasteiger partial charge is 0.416 e. The van der Waals surface area contributed by atoms with Gasteiger partial charge in [-0.15, -0.1) is 0 Å². The average Bonchev–Trinajstić information content (AvgIpc) is 2.45. The van der Waals surface area contributed by atoms with Crippen LogP contribution in [0.15, 0.2) is 24.0 Å². The Bertz CT molecular complexity index is 675. The molecule has 0 fully saturated rings. The molecule has 1 aliphatic carbocycles. The molecule has 2 rings (SSSR count). The molecule has 23 heavy (non-hydrogen) atoms. The van der Waals surface area contributed by atoms with Crippen molar-refractivity contribution < 1.29 is 32.2 Å². The Kier molecular flexibility index (Phi) is 4.77. The molecular formula is C16H15F3O4. The molecule has 7 heteroatoms. The molecule has 0 bridgehead atoms. The Morgan fingerprint density at radius 2 is 1.91 bits per heavy atom. The lowest BCUT2D eigenvalue weighted by Crippen LogP contribution is -2.14. The largest absolute Gasteiger partial charge is 0.496 e. The van der Waals surface area contributed by atoms with Crippen molar-refractivity contribution in [1.29, 1.82) is 0 Å². The molecule has 1 aromatic rings. The number of alkyl halides is 3. The molecule has 0 saturated carbocycles. The number of allylic oxidation sites excluding steroid dienone is 2. The van der Waals surface area contributed by atoms with Gasteiger partial charge in [0.25, 0.3) is 0 Å². The summed E-state index contributed by atoms with van der Waals surface area (Å²) in [5, 5.41) is 0. The maximum absolute atomic E-state index is 12.9. The molecule has 0 heterocycles. The predicted molar refractivity (Wildman–Crippen MR) is 75.1 cm³/mol. The number of carbonyl (C=O) groups excluding carboxylic acids is 2. The first kappa shape index (κ1) is 17.1. The highest BCUT2D eigenvalue weighted by atomic mass is 19.4. The Morgan fingerprint density at radius 3 is 2.48 bits per heavy atom. The Morgan fingerprint density at radius 1 is 1.22 bits per heavy atom. The van der Waals surface area contributed by atoms with E-state index in [1.165, 1.54) is 20.1 Å². The van der Waals surface area contributed by atoms with E-state index in [1.54, 1.807) is 0 Å². The van der Waals surface area contributed by atoms with E-state index in [9.17, 15) is 22.8 Å². The molecule has 4 nitrogen and oxygen atoms in total. The van der Waals surface area contributed by atoms with Crippen LogP contribution in [0, 0.1) is 6.92 Å². The van der Waals surface area contributed by atoms with Gasteiger partial charge in [-0.25, -0.2) is 4.79 Å². The van der Waals surface area contributed by atoms with E-state index in [2.05, 4.69) is 0 Å². The molecule has 0 amide bonds. The summed E-state index contributed by atoms with van der Waals surface area (Å²) >= 11 is 0. The van der Waals surface area contributed by atoms with Gasteiger partial charge in [-0.05, 0) is 25.5 Å². The molecule has 0 N–H and O–H groups in total. The highest BCUT2D eigenvalue weighted by Gasteiger charge is 2.35. The first-order chi connectivity index (χ1) is 10.7. The van der Waals surface area contributed by atoms with Crippen LogP contribution >= 0.6 is 0 Å². The molecule has 0 aromatic heterocycles. The Hall–Kier alpha value is -2.31. The second-order valence-electron chi connectivity index (χ2n) is 5.14. The predicted octanol–water partition coefficient (Wildman–Crippen LogP) is 3.82. The van der Waals surface area contributed by atoms with Crippen LogP contribution in [0.4, 0.5) is 13.2 Å². The van der Waals surface area contributed by atoms with Gasteiger partial charge in [0, 0.05) is 24.5 Å². The number of rotatable bonds is 3. The normalized spacial score (nSPS) is 15.2. The number of hydrogen-bond acceptors (Lipinski definition) is 4. The number of hydrogen-bond donors (Lipinski definition) is 0. The number of ketones is 1. The SMILES string of the molecule is COc1c(C(=O)OC2=CC(=O)CCC2)ccc(C(F)(F)F)c1C. The lowest BCUT2D eigenvalue weighted by molar-refractivity contribution is -0.138. The first-order valence-electron chi connectivity index (χ1n) is 6.94. The van der Waals surface area contributed by atoms with Crippen molar-refractivity contribution in [1.82, 2.24) is 0 Å². The van der Waals surface area contributed by atoms with Gasteiger partial charge in [-0.2, -0.15) is 13.2 Å². The molecule has 0 radical (unpaired) electrons. The monoisotopic (exact) mass is 328 g/mol. The van der Waals surface area contributed by atoms with Crippen molar-refractivity contribution in [3.63, 3.8) is 0 Å². The number of ether oxygens (including phenoxy) is 2. The van der Waals surface area contributed by atoms with Crippen molar-refractivity contribution in [3.8, 4) is 5.75 Å².